The number of halogens is 3. The van der Waals surface area contributed by atoms with Crippen LogP contribution in [0.4, 0.5) is 13.2 Å². The highest BCUT2D eigenvalue weighted by Crippen LogP contribution is 2.18. The first-order valence-electron chi connectivity index (χ1n) is 10.4. The van der Waals surface area contributed by atoms with Gasteiger partial charge in [0.25, 0.3) is 0 Å². The third-order valence-electron chi connectivity index (χ3n) is 5.12. The first-order chi connectivity index (χ1) is 16.0. The molecule has 4 rings (SSSR count). The molecule has 0 bridgehead atoms. The summed E-state index contributed by atoms with van der Waals surface area (Å²) in [6.07, 6.45) is 3.68. The van der Waals surface area contributed by atoms with Crippen molar-refractivity contribution in [1.82, 2.24) is 0 Å². The monoisotopic (exact) mass is 436 g/mol. The van der Waals surface area contributed by atoms with Gasteiger partial charge in [0.2, 0.25) is 0 Å². The Kier molecular flexibility index (Phi) is 6.63. The number of benzene rings is 4. The lowest BCUT2D eigenvalue weighted by Gasteiger charge is -2.00. The molecule has 0 unspecified atom stereocenters. The van der Waals surface area contributed by atoms with Gasteiger partial charge < -0.3 is 0 Å². The van der Waals surface area contributed by atoms with E-state index in [4.69, 9.17) is 0 Å². The molecule has 0 nitrogen and oxygen atoms in total. The maximum Gasteiger partial charge on any atom is 0.143 e. The van der Waals surface area contributed by atoms with Crippen molar-refractivity contribution in [2.45, 2.75) is 12.8 Å². The van der Waals surface area contributed by atoms with Crippen molar-refractivity contribution in [2.24, 2.45) is 0 Å². The summed E-state index contributed by atoms with van der Waals surface area (Å²) in [5, 5.41) is 1.52. The van der Waals surface area contributed by atoms with Gasteiger partial charge in [-0.1, -0.05) is 54.0 Å². The molecule has 0 amide bonds. The Hall–Kier alpha value is -4.21. The summed E-state index contributed by atoms with van der Waals surface area (Å²) in [5.41, 5.74) is 2.44. The molecule has 0 heterocycles. The number of hydrogen-bond donors (Lipinski definition) is 0. The fourth-order valence-corrected chi connectivity index (χ4v) is 3.36. The van der Waals surface area contributed by atoms with Crippen molar-refractivity contribution < 1.29 is 13.2 Å². The molecule has 3 heteroatoms. The van der Waals surface area contributed by atoms with Gasteiger partial charge in [-0.2, -0.15) is 0 Å². The second-order valence-corrected chi connectivity index (χ2v) is 7.55. The highest BCUT2D eigenvalue weighted by atomic mass is 19.1. The van der Waals surface area contributed by atoms with E-state index >= 15 is 0 Å². The van der Waals surface area contributed by atoms with Crippen LogP contribution in [0.1, 0.15) is 34.2 Å². The Bertz CT molecular complexity index is 1430. The van der Waals surface area contributed by atoms with Crippen molar-refractivity contribution >= 4 is 10.8 Å². The molecule has 160 valence electrons. The van der Waals surface area contributed by atoms with Crippen LogP contribution in [0.15, 0.2) is 85.5 Å². The van der Waals surface area contributed by atoms with E-state index in [-0.39, 0.29) is 16.9 Å². The van der Waals surface area contributed by atoms with Gasteiger partial charge in [-0.05, 0) is 77.7 Å². The summed E-state index contributed by atoms with van der Waals surface area (Å²) >= 11 is 0. The number of rotatable bonds is 3. The molecular weight excluding hydrogens is 417 g/mol. The van der Waals surface area contributed by atoms with Crippen LogP contribution in [-0.2, 0) is 6.42 Å². The summed E-state index contributed by atoms with van der Waals surface area (Å²) in [4.78, 5) is 0. The fourth-order valence-electron chi connectivity index (χ4n) is 3.36. The molecule has 0 fully saturated rings. The average molecular weight is 436 g/mol. The van der Waals surface area contributed by atoms with Gasteiger partial charge in [0, 0.05) is 16.7 Å². The molecule has 0 aromatic heterocycles. The topological polar surface area (TPSA) is 0 Å². The SMILES string of the molecule is C=CCCc1ccc(C#Cc2cc(F)c(C#Cc3ccc4cc(F)ccc4c3)c(F)c2)cc1. The van der Waals surface area contributed by atoms with Gasteiger partial charge >= 0.3 is 0 Å². The normalized spacial score (nSPS) is 10.2. The molecule has 0 aliphatic heterocycles. The lowest BCUT2D eigenvalue weighted by atomic mass is 10.1. The quantitative estimate of drug-likeness (QED) is 0.236. The number of aryl methyl sites for hydroxylation is 1. The zero-order valence-electron chi connectivity index (χ0n) is 17.8. The molecule has 0 atom stereocenters. The van der Waals surface area contributed by atoms with Crippen LogP contribution in [0.2, 0.25) is 0 Å². The van der Waals surface area contributed by atoms with Crippen LogP contribution in [0, 0.1) is 41.1 Å². The van der Waals surface area contributed by atoms with Crippen molar-refractivity contribution in [3.8, 4) is 23.7 Å². The minimum absolute atomic E-state index is 0.235. The van der Waals surface area contributed by atoms with E-state index in [2.05, 4.69) is 30.3 Å². The van der Waals surface area contributed by atoms with Crippen LogP contribution in [0.3, 0.4) is 0 Å². The number of fused-ring (bicyclic) bond motifs is 1. The zero-order valence-corrected chi connectivity index (χ0v) is 17.8. The predicted molar refractivity (Wildman–Crippen MR) is 127 cm³/mol. The third-order valence-corrected chi connectivity index (χ3v) is 5.12. The maximum absolute atomic E-state index is 14.5. The van der Waals surface area contributed by atoms with Crippen LogP contribution in [0.25, 0.3) is 10.8 Å². The standard InChI is InChI=1S/C30H19F3/c1-2-3-4-21-5-7-22(8-6-21)9-10-24-18-29(32)28(30(33)19-24)16-12-23-11-13-26-20-27(31)15-14-25(26)17-23/h2,5-8,11,13-15,17-20H,1,3-4H2. The molecule has 4 aromatic carbocycles. The van der Waals surface area contributed by atoms with E-state index in [9.17, 15) is 13.2 Å². The van der Waals surface area contributed by atoms with Crippen molar-refractivity contribution in [1.29, 1.82) is 0 Å². The van der Waals surface area contributed by atoms with E-state index in [1.807, 2.05) is 30.3 Å². The summed E-state index contributed by atoms with van der Waals surface area (Å²) in [5.74, 6) is 9.22. The number of hydrogen-bond acceptors (Lipinski definition) is 0. The van der Waals surface area contributed by atoms with Gasteiger partial charge in [-0.3, -0.25) is 0 Å². The van der Waals surface area contributed by atoms with Crippen LogP contribution in [0.5, 0.6) is 0 Å². The molecular formula is C30H19F3. The van der Waals surface area contributed by atoms with Crippen molar-refractivity contribution in [3.63, 3.8) is 0 Å². The highest BCUT2D eigenvalue weighted by molar-refractivity contribution is 5.84. The van der Waals surface area contributed by atoms with Gasteiger partial charge in [0.1, 0.15) is 17.5 Å². The second-order valence-electron chi connectivity index (χ2n) is 7.55. The summed E-state index contributed by atoms with van der Waals surface area (Å²) in [6.45, 7) is 3.71. The van der Waals surface area contributed by atoms with Crippen LogP contribution in [-0.4, -0.2) is 0 Å². The molecule has 0 saturated carbocycles. The summed E-state index contributed by atoms with van der Waals surface area (Å²) in [7, 11) is 0. The van der Waals surface area contributed by atoms with E-state index in [0.717, 1.165) is 29.2 Å². The van der Waals surface area contributed by atoms with E-state index in [1.165, 1.54) is 29.8 Å². The Morgan fingerprint density at radius 1 is 0.636 bits per heavy atom. The predicted octanol–water partition coefficient (Wildman–Crippen LogP) is 7.18. The van der Waals surface area contributed by atoms with Gasteiger partial charge in [-0.15, -0.1) is 6.58 Å². The Labute approximate surface area is 191 Å². The van der Waals surface area contributed by atoms with Gasteiger partial charge in [-0.25, -0.2) is 13.2 Å². The smallest absolute Gasteiger partial charge is 0.143 e. The second kappa shape index (κ2) is 9.94. The minimum atomic E-state index is -0.769. The van der Waals surface area contributed by atoms with E-state index < -0.39 is 11.6 Å². The molecule has 0 aliphatic carbocycles. The fraction of sp³-hybridized carbons (Fsp3) is 0.0667. The first kappa shape index (κ1) is 22.0. The Morgan fingerprint density at radius 3 is 1.97 bits per heavy atom. The first-order valence-corrected chi connectivity index (χ1v) is 10.4. The number of allylic oxidation sites excluding steroid dienone is 1. The average Bonchev–Trinajstić information content (AvgIpc) is 2.81. The minimum Gasteiger partial charge on any atom is -0.207 e. The zero-order chi connectivity index (χ0) is 23.2. The lowest BCUT2D eigenvalue weighted by Crippen LogP contribution is -1.92. The maximum atomic E-state index is 14.5. The largest absolute Gasteiger partial charge is 0.207 e. The molecule has 4 aromatic rings. The molecule has 0 spiro atoms. The van der Waals surface area contributed by atoms with Crippen LogP contribution >= 0.6 is 0 Å². The van der Waals surface area contributed by atoms with E-state index in [1.54, 1.807) is 24.3 Å². The molecule has 0 aliphatic rings. The third kappa shape index (κ3) is 5.53. The summed E-state index contributed by atoms with van der Waals surface area (Å²) < 4.78 is 42.4. The van der Waals surface area contributed by atoms with E-state index in [0.29, 0.717) is 5.56 Å². The molecule has 33 heavy (non-hydrogen) atoms. The molecule has 0 saturated heterocycles. The highest BCUT2D eigenvalue weighted by Gasteiger charge is 2.08. The van der Waals surface area contributed by atoms with Crippen molar-refractivity contribution in [2.75, 3.05) is 0 Å². The molecule has 0 radical (unpaired) electrons. The Morgan fingerprint density at radius 2 is 1.24 bits per heavy atom. The van der Waals surface area contributed by atoms with Crippen LogP contribution < -0.4 is 0 Å². The lowest BCUT2D eigenvalue weighted by molar-refractivity contribution is 0.577. The van der Waals surface area contributed by atoms with Gasteiger partial charge in [0.15, 0.2) is 0 Å². The molecule has 0 N–H and O–H groups in total. The van der Waals surface area contributed by atoms with Gasteiger partial charge in [0.05, 0.1) is 5.56 Å². The Balaban J connectivity index is 1.55. The summed E-state index contributed by atoms with van der Waals surface area (Å²) in [6, 6.07) is 19.7. The van der Waals surface area contributed by atoms with Crippen molar-refractivity contribution in [3.05, 3.63) is 131 Å².